The summed E-state index contributed by atoms with van der Waals surface area (Å²) in [7, 11) is 1.29. The molecule has 33 heavy (non-hydrogen) atoms. The number of ether oxygens (including phenoxy) is 2. The van der Waals surface area contributed by atoms with Crippen molar-refractivity contribution in [1.82, 2.24) is 5.32 Å². The molecule has 2 aromatic rings. The quantitative estimate of drug-likeness (QED) is 0.494. The number of dihydropyridines is 1. The van der Waals surface area contributed by atoms with Crippen LogP contribution < -0.4 is 5.32 Å². The van der Waals surface area contributed by atoms with Crippen molar-refractivity contribution in [2.24, 2.45) is 0 Å². The van der Waals surface area contributed by atoms with Crippen LogP contribution in [0.5, 0.6) is 0 Å². The molecule has 1 aliphatic heterocycles. The fourth-order valence-electron chi connectivity index (χ4n) is 4.04. The van der Waals surface area contributed by atoms with Gasteiger partial charge < -0.3 is 14.8 Å². The molecule has 0 saturated heterocycles. The molecule has 3 rings (SSSR count). The highest BCUT2D eigenvalue weighted by Crippen LogP contribution is 2.41. The Bertz CT molecular complexity index is 1080. The summed E-state index contributed by atoms with van der Waals surface area (Å²) >= 11 is 6.23. The van der Waals surface area contributed by atoms with Crippen LogP contribution in [0, 0.1) is 0 Å². The Kier molecular flexibility index (Phi) is 8.28. The van der Waals surface area contributed by atoms with Gasteiger partial charge in [-0.2, -0.15) is 0 Å². The molecule has 7 heteroatoms. The number of carbonyl (C=O) groups excluding carboxylic acids is 2. The van der Waals surface area contributed by atoms with E-state index in [4.69, 9.17) is 21.1 Å². The molecule has 2 unspecified atom stereocenters. The average Bonchev–Trinajstić information content (AvgIpc) is 2.82. The zero-order valence-corrected chi connectivity index (χ0v) is 19.6. The number of nitrogens with one attached hydrogen (secondary N) is 1. The number of esters is 2. The summed E-state index contributed by atoms with van der Waals surface area (Å²) < 4.78 is 25.3. The Hall–Kier alpha value is -3.12. The van der Waals surface area contributed by atoms with E-state index in [0.29, 0.717) is 27.5 Å². The van der Waals surface area contributed by atoms with E-state index in [1.54, 1.807) is 62.4 Å². The van der Waals surface area contributed by atoms with Crippen molar-refractivity contribution in [3.05, 3.63) is 93.3 Å². The number of carbonyl (C=O) groups is 2. The zero-order valence-electron chi connectivity index (χ0n) is 18.9. The van der Waals surface area contributed by atoms with Crippen LogP contribution in [0.3, 0.4) is 0 Å². The van der Waals surface area contributed by atoms with Gasteiger partial charge in [0.05, 0.1) is 30.8 Å². The van der Waals surface area contributed by atoms with Crippen molar-refractivity contribution < 1.29 is 23.5 Å². The summed E-state index contributed by atoms with van der Waals surface area (Å²) in [5, 5.41) is 3.61. The lowest BCUT2D eigenvalue weighted by atomic mass is 9.79. The van der Waals surface area contributed by atoms with Crippen molar-refractivity contribution in [1.29, 1.82) is 0 Å². The van der Waals surface area contributed by atoms with E-state index in [9.17, 15) is 14.0 Å². The molecule has 1 N–H and O–H groups in total. The molecule has 0 fully saturated rings. The summed E-state index contributed by atoms with van der Waals surface area (Å²) in [6, 6.07) is 15.8. The van der Waals surface area contributed by atoms with Crippen LogP contribution in [-0.4, -0.2) is 25.7 Å². The van der Waals surface area contributed by atoms with Gasteiger partial charge in [-0.1, -0.05) is 54.1 Å². The van der Waals surface area contributed by atoms with Gasteiger partial charge in [-0.05, 0) is 49.9 Å². The van der Waals surface area contributed by atoms with Gasteiger partial charge in [-0.15, -0.1) is 0 Å². The molecule has 5 nitrogen and oxygen atoms in total. The standard InChI is InChI=1S/C26H27ClFNO4/c1-4-33-26(31)24-21(14-13-20(28)17-9-6-5-7-10-17)29-16(2)22(25(30)32-3)23(24)18-11-8-12-19(27)15-18/h5-12,15,20,23,29H,4,13-14H2,1-3H3. The Balaban J connectivity index is 2.07. The van der Waals surface area contributed by atoms with Crippen molar-refractivity contribution in [2.75, 3.05) is 13.7 Å². The van der Waals surface area contributed by atoms with Gasteiger partial charge in [0.1, 0.15) is 6.17 Å². The minimum atomic E-state index is -1.21. The summed E-state index contributed by atoms with van der Waals surface area (Å²) in [6.45, 7) is 3.60. The van der Waals surface area contributed by atoms with Crippen LogP contribution in [0.25, 0.3) is 0 Å². The van der Waals surface area contributed by atoms with Crippen molar-refractivity contribution >= 4 is 23.5 Å². The van der Waals surface area contributed by atoms with Gasteiger partial charge in [0, 0.05) is 16.4 Å². The normalized spacial score (nSPS) is 16.8. The molecular formula is C26H27ClFNO4. The van der Waals surface area contributed by atoms with Crippen LogP contribution >= 0.6 is 11.6 Å². The predicted octanol–water partition coefficient (Wildman–Crippen LogP) is 5.78. The average molecular weight is 472 g/mol. The third-order valence-electron chi connectivity index (χ3n) is 5.54. The molecule has 1 aliphatic rings. The first-order chi connectivity index (χ1) is 15.9. The topological polar surface area (TPSA) is 64.6 Å². The number of rotatable bonds is 8. The van der Waals surface area contributed by atoms with Gasteiger partial charge in [0.25, 0.3) is 0 Å². The Labute approximate surface area is 198 Å². The molecule has 174 valence electrons. The van der Waals surface area contributed by atoms with E-state index in [-0.39, 0.29) is 30.6 Å². The van der Waals surface area contributed by atoms with Gasteiger partial charge in [0.2, 0.25) is 0 Å². The van der Waals surface area contributed by atoms with E-state index in [0.717, 1.165) is 0 Å². The van der Waals surface area contributed by atoms with E-state index in [1.165, 1.54) is 7.11 Å². The number of hydrogen-bond acceptors (Lipinski definition) is 5. The maximum Gasteiger partial charge on any atom is 0.336 e. The largest absolute Gasteiger partial charge is 0.466 e. The fraction of sp³-hybridized carbons (Fsp3) is 0.308. The first kappa shape index (κ1) is 24.5. The molecule has 0 bridgehead atoms. The second-order valence-electron chi connectivity index (χ2n) is 7.67. The predicted molar refractivity (Wildman–Crippen MR) is 125 cm³/mol. The lowest BCUT2D eigenvalue weighted by molar-refractivity contribution is -0.139. The summed E-state index contributed by atoms with van der Waals surface area (Å²) in [6.07, 6.45) is -0.814. The second-order valence-corrected chi connectivity index (χ2v) is 8.11. The van der Waals surface area contributed by atoms with E-state index in [2.05, 4.69) is 5.32 Å². The van der Waals surface area contributed by atoms with E-state index < -0.39 is 24.0 Å². The summed E-state index contributed by atoms with van der Waals surface area (Å²) in [5.74, 6) is -1.91. The summed E-state index contributed by atoms with van der Waals surface area (Å²) in [5.41, 5.74) is 2.80. The number of benzene rings is 2. The first-order valence-corrected chi connectivity index (χ1v) is 11.2. The Morgan fingerprint density at radius 2 is 1.82 bits per heavy atom. The van der Waals surface area contributed by atoms with Gasteiger partial charge in [-0.3, -0.25) is 0 Å². The minimum absolute atomic E-state index is 0.151. The molecule has 0 saturated carbocycles. The maximum atomic E-state index is 14.9. The van der Waals surface area contributed by atoms with Crippen LogP contribution in [0.15, 0.2) is 77.1 Å². The molecule has 0 aromatic heterocycles. The Morgan fingerprint density at radius 1 is 1.09 bits per heavy atom. The monoisotopic (exact) mass is 471 g/mol. The lowest BCUT2D eigenvalue weighted by Crippen LogP contribution is -2.33. The maximum absolute atomic E-state index is 14.9. The number of methoxy groups -OCH3 is 1. The third kappa shape index (κ3) is 5.63. The highest BCUT2D eigenvalue weighted by molar-refractivity contribution is 6.30. The lowest BCUT2D eigenvalue weighted by Gasteiger charge is -2.31. The number of allylic oxidation sites excluding steroid dienone is 2. The highest BCUT2D eigenvalue weighted by Gasteiger charge is 2.38. The van der Waals surface area contributed by atoms with Gasteiger partial charge in [0.15, 0.2) is 0 Å². The van der Waals surface area contributed by atoms with Crippen molar-refractivity contribution in [3.63, 3.8) is 0 Å². The molecule has 0 radical (unpaired) electrons. The Morgan fingerprint density at radius 3 is 2.45 bits per heavy atom. The zero-order chi connectivity index (χ0) is 24.0. The van der Waals surface area contributed by atoms with Crippen molar-refractivity contribution in [2.45, 2.75) is 38.8 Å². The number of alkyl halides is 1. The van der Waals surface area contributed by atoms with Crippen LogP contribution in [0.4, 0.5) is 4.39 Å². The van der Waals surface area contributed by atoms with Crippen molar-refractivity contribution in [3.8, 4) is 0 Å². The molecule has 2 atom stereocenters. The smallest absolute Gasteiger partial charge is 0.336 e. The molecule has 0 aliphatic carbocycles. The van der Waals surface area contributed by atoms with E-state index in [1.807, 2.05) is 6.07 Å². The number of halogens is 2. The number of hydrogen-bond donors (Lipinski definition) is 1. The second kappa shape index (κ2) is 11.1. The fourth-order valence-corrected chi connectivity index (χ4v) is 4.24. The molecule has 0 amide bonds. The van der Waals surface area contributed by atoms with Crippen LogP contribution in [-0.2, 0) is 19.1 Å². The van der Waals surface area contributed by atoms with Crippen LogP contribution in [0.1, 0.15) is 49.9 Å². The van der Waals surface area contributed by atoms with Gasteiger partial charge in [-0.25, -0.2) is 14.0 Å². The third-order valence-corrected chi connectivity index (χ3v) is 5.77. The molecule has 1 heterocycles. The van der Waals surface area contributed by atoms with Crippen LogP contribution in [0.2, 0.25) is 5.02 Å². The molecule has 0 spiro atoms. The van der Waals surface area contributed by atoms with E-state index >= 15 is 0 Å². The SMILES string of the molecule is CCOC(=O)C1=C(CCC(F)c2ccccc2)NC(C)=C(C(=O)OC)C1c1cccc(Cl)c1. The highest BCUT2D eigenvalue weighted by atomic mass is 35.5. The summed E-state index contributed by atoms with van der Waals surface area (Å²) in [4.78, 5) is 25.9. The minimum Gasteiger partial charge on any atom is -0.466 e. The molecule has 2 aromatic carbocycles. The first-order valence-electron chi connectivity index (χ1n) is 10.8. The van der Waals surface area contributed by atoms with Gasteiger partial charge >= 0.3 is 11.9 Å². The molecular weight excluding hydrogens is 445 g/mol.